The van der Waals surface area contributed by atoms with E-state index < -0.39 is 0 Å². The van der Waals surface area contributed by atoms with Gasteiger partial charge in [0.1, 0.15) is 12.1 Å². The van der Waals surface area contributed by atoms with Crippen molar-refractivity contribution in [1.82, 2.24) is 19.9 Å². The molecule has 1 fully saturated rings. The van der Waals surface area contributed by atoms with Crippen molar-refractivity contribution >= 4 is 0 Å². The maximum atomic E-state index is 4.79. The highest BCUT2D eigenvalue weighted by molar-refractivity contribution is 5.33. The summed E-state index contributed by atoms with van der Waals surface area (Å²) in [6.45, 7) is 7.51. The van der Waals surface area contributed by atoms with E-state index in [-0.39, 0.29) is 5.41 Å². The van der Waals surface area contributed by atoms with Crippen LogP contribution in [0.2, 0.25) is 0 Å². The summed E-state index contributed by atoms with van der Waals surface area (Å²) in [5.74, 6) is 0.947. The van der Waals surface area contributed by atoms with Crippen LogP contribution in [0.1, 0.15) is 44.9 Å². The summed E-state index contributed by atoms with van der Waals surface area (Å²) in [6, 6.07) is 5.08. The molecule has 20 heavy (non-hydrogen) atoms. The van der Waals surface area contributed by atoms with Crippen molar-refractivity contribution in [3.8, 4) is 5.82 Å². The molecule has 0 radical (unpaired) electrons. The summed E-state index contributed by atoms with van der Waals surface area (Å²) in [6.07, 6.45) is 8.14. The van der Waals surface area contributed by atoms with Crippen LogP contribution in [0, 0.1) is 0 Å². The average Bonchev–Trinajstić information content (AvgIpc) is 3.07. The Labute approximate surface area is 120 Å². The van der Waals surface area contributed by atoms with Gasteiger partial charge in [-0.3, -0.25) is 4.57 Å². The van der Waals surface area contributed by atoms with Gasteiger partial charge >= 0.3 is 0 Å². The third-order valence-corrected chi connectivity index (χ3v) is 3.58. The van der Waals surface area contributed by atoms with E-state index in [2.05, 4.69) is 43.2 Å². The quantitative estimate of drug-likeness (QED) is 0.929. The van der Waals surface area contributed by atoms with Crippen molar-refractivity contribution in [2.45, 2.75) is 51.6 Å². The van der Waals surface area contributed by atoms with Gasteiger partial charge in [-0.2, -0.15) is 0 Å². The third kappa shape index (κ3) is 3.07. The van der Waals surface area contributed by atoms with Crippen molar-refractivity contribution in [3.63, 3.8) is 0 Å². The third-order valence-electron chi connectivity index (χ3n) is 3.58. The molecule has 0 aliphatic heterocycles. The lowest BCUT2D eigenvalue weighted by molar-refractivity contribution is 0.564. The normalized spacial score (nSPS) is 15.6. The molecule has 2 aromatic heterocycles. The minimum Gasteiger partial charge on any atom is -0.310 e. The molecule has 106 valence electrons. The Morgan fingerprint density at radius 1 is 1.30 bits per heavy atom. The van der Waals surface area contributed by atoms with Crippen LogP contribution in [0.5, 0.6) is 0 Å². The van der Waals surface area contributed by atoms with Crippen molar-refractivity contribution < 1.29 is 0 Å². The standard InChI is InChI=1S/C16H22N4/c1-16(2,3)14-8-12(10-18-13-4-5-13)9-15(19-14)20-7-6-17-11-20/h6-9,11,13,18H,4-5,10H2,1-3H3. The molecular weight excluding hydrogens is 248 g/mol. The summed E-state index contributed by atoms with van der Waals surface area (Å²) >= 11 is 0. The van der Waals surface area contributed by atoms with Crippen molar-refractivity contribution in [3.05, 3.63) is 42.1 Å². The van der Waals surface area contributed by atoms with Crippen LogP contribution in [0.3, 0.4) is 0 Å². The number of hydrogen-bond acceptors (Lipinski definition) is 3. The topological polar surface area (TPSA) is 42.7 Å². The van der Waals surface area contributed by atoms with Gasteiger partial charge in [0.15, 0.2) is 0 Å². The number of rotatable bonds is 4. The van der Waals surface area contributed by atoms with Crippen LogP contribution >= 0.6 is 0 Å². The van der Waals surface area contributed by atoms with Gasteiger partial charge in [0, 0.05) is 36.1 Å². The van der Waals surface area contributed by atoms with Gasteiger partial charge in [0.2, 0.25) is 0 Å². The minimum absolute atomic E-state index is 0.0465. The smallest absolute Gasteiger partial charge is 0.138 e. The predicted octanol–water partition coefficient (Wildman–Crippen LogP) is 2.82. The maximum Gasteiger partial charge on any atom is 0.138 e. The molecule has 1 N–H and O–H groups in total. The molecule has 3 rings (SSSR count). The molecule has 4 nitrogen and oxygen atoms in total. The van der Waals surface area contributed by atoms with E-state index in [9.17, 15) is 0 Å². The fraction of sp³-hybridized carbons (Fsp3) is 0.500. The number of nitrogens with one attached hydrogen (secondary N) is 1. The van der Waals surface area contributed by atoms with Gasteiger partial charge in [-0.1, -0.05) is 20.8 Å². The second-order valence-electron chi connectivity index (χ2n) is 6.59. The number of imidazole rings is 1. The summed E-state index contributed by atoms with van der Waals surface area (Å²) in [5.41, 5.74) is 2.46. The zero-order valence-corrected chi connectivity index (χ0v) is 12.4. The molecule has 0 saturated heterocycles. The monoisotopic (exact) mass is 270 g/mol. The SMILES string of the molecule is CC(C)(C)c1cc(CNC2CC2)cc(-n2ccnc2)n1. The van der Waals surface area contributed by atoms with E-state index in [0.29, 0.717) is 0 Å². The second-order valence-corrected chi connectivity index (χ2v) is 6.59. The lowest BCUT2D eigenvalue weighted by Gasteiger charge is -2.20. The molecule has 1 aliphatic rings. The maximum absolute atomic E-state index is 4.79. The molecule has 0 bridgehead atoms. The van der Waals surface area contributed by atoms with Crippen LogP contribution < -0.4 is 5.32 Å². The molecule has 1 saturated carbocycles. The van der Waals surface area contributed by atoms with E-state index in [1.54, 1.807) is 12.5 Å². The fourth-order valence-corrected chi connectivity index (χ4v) is 2.13. The molecule has 0 spiro atoms. The molecule has 2 aromatic rings. The highest BCUT2D eigenvalue weighted by Gasteiger charge is 2.21. The number of nitrogens with zero attached hydrogens (tertiary/aromatic N) is 3. The van der Waals surface area contributed by atoms with Crippen LogP contribution in [-0.2, 0) is 12.0 Å². The summed E-state index contributed by atoms with van der Waals surface area (Å²) in [5, 5.41) is 3.57. The first-order chi connectivity index (χ1) is 9.52. The van der Waals surface area contributed by atoms with Gasteiger partial charge in [0.25, 0.3) is 0 Å². The first kappa shape index (κ1) is 13.3. The molecule has 0 aromatic carbocycles. The van der Waals surface area contributed by atoms with E-state index in [1.165, 1.54) is 18.4 Å². The number of hydrogen-bond donors (Lipinski definition) is 1. The lowest BCUT2D eigenvalue weighted by atomic mass is 9.90. The van der Waals surface area contributed by atoms with Crippen molar-refractivity contribution in [2.24, 2.45) is 0 Å². The number of aromatic nitrogens is 3. The Morgan fingerprint density at radius 2 is 2.10 bits per heavy atom. The van der Waals surface area contributed by atoms with Crippen LogP contribution in [0.15, 0.2) is 30.9 Å². The Bertz CT molecular complexity index is 577. The zero-order chi connectivity index (χ0) is 14.2. The van der Waals surface area contributed by atoms with Crippen LogP contribution in [0.4, 0.5) is 0 Å². The van der Waals surface area contributed by atoms with Gasteiger partial charge in [-0.15, -0.1) is 0 Å². The van der Waals surface area contributed by atoms with Gasteiger partial charge < -0.3 is 5.32 Å². The second kappa shape index (κ2) is 5.02. The highest BCUT2D eigenvalue weighted by atomic mass is 15.1. The van der Waals surface area contributed by atoms with E-state index in [4.69, 9.17) is 4.98 Å². The van der Waals surface area contributed by atoms with E-state index in [0.717, 1.165) is 24.1 Å². The van der Waals surface area contributed by atoms with E-state index >= 15 is 0 Å². The molecule has 1 aliphatic carbocycles. The summed E-state index contributed by atoms with van der Waals surface area (Å²) < 4.78 is 1.97. The first-order valence-corrected chi connectivity index (χ1v) is 7.25. The highest BCUT2D eigenvalue weighted by Crippen LogP contribution is 2.24. The van der Waals surface area contributed by atoms with Gasteiger partial charge in [-0.05, 0) is 30.5 Å². The fourth-order valence-electron chi connectivity index (χ4n) is 2.13. The van der Waals surface area contributed by atoms with Crippen LogP contribution in [-0.4, -0.2) is 20.6 Å². The van der Waals surface area contributed by atoms with Gasteiger partial charge in [0.05, 0.1) is 0 Å². The van der Waals surface area contributed by atoms with Crippen LogP contribution in [0.25, 0.3) is 5.82 Å². The minimum atomic E-state index is 0.0465. The lowest BCUT2D eigenvalue weighted by Crippen LogP contribution is -2.19. The van der Waals surface area contributed by atoms with Gasteiger partial charge in [-0.25, -0.2) is 9.97 Å². The molecule has 0 atom stereocenters. The summed E-state index contributed by atoms with van der Waals surface area (Å²) in [4.78, 5) is 8.90. The molecule has 0 amide bonds. The Balaban J connectivity index is 1.93. The molecule has 2 heterocycles. The predicted molar refractivity (Wildman–Crippen MR) is 79.9 cm³/mol. The molecule has 4 heteroatoms. The molecular formula is C16H22N4. The molecule has 0 unspecified atom stereocenters. The Hall–Kier alpha value is -1.68. The number of pyridine rings is 1. The first-order valence-electron chi connectivity index (χ1n) is 7.25. The van der Waals surface area contributed by atoms with Crippen molar-refractivity contribution in [2.75, 3.05) is 0 Å². The average molecular weight is 270 g/mol. The van der Waals surface area contributed by atoms with E-state index in [1.807, 2.05) is 10.8 Å². The largest absolute Gasteiger partial charge is 0.310 e. The zero-order valence-electron chi connectivity index (χ0n) is 12.4. The van der Waals surface area contributed by atoms with Crippen molar-refractivity contribution in [1.29, 1.82) is 0 Å². The Morgan fingerprint density at radius 3 is 2.70 bits per heavy atom. The Kier molecular flexibility index (Phi) is 3.34. The summed E-state index contributed by atoms with van der Waals surface area (Å²) in [7, 11) is 0.